The maximum atomic E-state index is 5.86. The van der Waals surface area contributed by atoms with Crippen molar-refractivity contribution in [3.05, 3.63) is 71.7 Å². The van der Waals surface area contributed by atoms with Crippen LogP contribution in [-0.2, 0) is 6.42 Å². The first-order valence-corrected chi connectivity index (χ1v) is 12.3. The molecule has 0 spiro atoms. The molecular formula is C28H33N5O2. The molecule has 0 radical (unpaired) electrons. The number of aryl methyl sites for hydroxylation is 3. The molecule has 0 saturated carbocycles. The highest BCUT2D eigenvalue weighted by Crippen LogP contribution is 2.26. The molecule has 2 aromatic heterocycles. The Kier molecular flexibility index (Phi) is 6.86. The van der Waals surface area contributed by atoms with Crippen molar-refractivity contribution < 1.29 is 9.47 Å². The smallest absolute Gasteiger partial charge is 0.322 e. The molecule has 2 aromatic carbocycles. The molecule has 5 rings (SSSR count). The second-order valence-electron chi connectivity index (χ2n) is 9.19. The summed E-state index contributed by atoms with van der Waals surface area (Å²) >= 11 is 0. The third-order valence-corrected chi connectivity index (χ3v) is 6.64. The van der Waals surface area contributed by atoms with Gasteiger partial charge in [0.25, 0.3) is 0 Å². The van der Waals surface area contributed by atoms with Gasteiger partial charge in [0.1, 0.15) is 11.5 Å². The minimum atomic E-state index is 0.399. The topological polar surface area (TPSA) is 66.5 Å². The van der Waals surface area contributed by atoms with Crippen LogP contribution in [0.15, 0.2) is 54.7 Å². The number of nitrogens with zero attached hydrogens (tertiary/aromatic N) is 4. The van der Waals surface area contributed by atoms with Gasteiger partial charge < -0.3 is 19.4 Å². The zero-order chi connectivity index (χ0) is 24.2. The van der Waals surface area contributed by atoms with Crippen LogP contribution in [-0.4, -0.2) is 59.7 Å². The van der Waals surface area contributed by atoms with Crippen molar-refractivity contribution in [3.8, 4) is 17.5 Å². The van der Waals surface area contributed by atoms with Gasteiger partial charge in [-0.25, -0.2) is 9.97 Å². The summed E-state index contributed by atoms with van der Waals surface area (Å²) in [5.41, 5.74) is 5.58. The number of ether oxygens (including phenoxy) is 2. The number of rotatable bonds is 8. The first kappa shape index (κ1) is 23.2. The largest absolute Gasteiger partial charge is 0.497 e. The Hall–Kier alpha value is -3.58. The van der Waals surface area contributed by atoms with Crippen molar-refractivity contribution in [2.75, 3.05) is 44.7 Å². The molecule has 0 unspecified atom stereocenters. The Labute approximate surface area is 206 Å². The molecule has 35 heavy (non-hydrogen) atoms. The van der Waals surface area contributed by atoms with Crippen LogP contribution in [0.4, 0.5) is 5.69 Å². The van der Waals surface area contributed by atoms with Gasteiger partial charge in [-0.2, -0.15) is 0 Å². The number of hydrogen-bond acceptors (Lipinski definition) is 6. The number of aromatic nitrogens is 3. The van der Waals surface area contributed by atoms with Crippen molar-refractivity contribution in [2.24, 2.45) is 0 Å². The summed E-state index contributed by atoms with van der Waals surface area (Å²) in [5.74, 6) is 1.67. The van der Waals surface area contributed by atoms with Crippen LogP contribution in [0, 0.1) is 13.8 Å². The average Bonchev–Trinajstić information content (AvgIpc) is 3.26. The highest BCUT2D eigenvalue weighted by Gasteiger charge is 2.17. The molecule has 1 aliphatic rings. The van der Waals surface area contributed by atoms with E-state index >= 15 is 0 Å². The summed E-state index contributed by atoms with van der Waals surface area (Å²) in [4.78, 5) is 17.1. The van der Waals surface area contributed by atoms with Gasteiger partial charge in [0, 0.05) is 60.4 Å². The number of hydrogen-bond donors (Lipinski definition) is 1. The van der Waals surface area contributed by atoms with E-state index in [1.54, 1.807) is 7.11 Å². The Morgan fingerprint density at radius 3 is 2.31 bits per heavy atom. The molecule has 1 saturated heterocycles. The number of H-pyrrole nitrogens is 1. The summed E-state index contributed by atoms with van der Waals surface area (Å²) in [6, 6.07) is 16.8. The predicted octanol–water partition coefficient (Wildman–Crippen LogP) is 5.13. The molecule has 182 valence electrons. The zero-order valence-electron chi connectivity index (χ0n) is 20.8. The molecule has 3 heterocycles. The summed E-state index contributed by atoms with van der Waals surface area (Å²) < 4.78 is 11.3. The van der Waals surface area contributed by atoms with Gasteiger partial charge in [-0.15, -0.1) is 0 Å². The molecule has 7 heteroatoms. The Morgan fingerprint density at radius 2 is 1.60 bits per heavy atom. The molecular weight excluding hydrogens is 438 g/mol. The van der Waals surface area contributed by atoms with Crippen LogP contribution in [0.5, 0.6) is 17.5 Å². The first-order valence-electron chi connectivity index (χ1n) is 12.3. The molecule has 0 bridgehead atoms. The molecule has 1 N–H and O–H groups in total. The number of aromatic amines is 1. The fourth-order valence-electron chi connectivity index (χ4n) is 4.78. The van der Waals surface area contributed by atoms with Crippen LogP contribution in [0.25, 0.3) is 10.9 Å². The Balaban J connectivity index is 1.10. The number of benzene rings is 2. The monoisotopic (exact) mass is 471 g/mol. The number of piperazine rings is 1. The lowest BCUT2D eigenvalue weighted by atomic mass is 10.1. The minimum Gasteiger partial charge on any atom is -0.497 e. The van der Waals surface area contributed by atoms with Crippen LogP contribution < -0.4 is 14.4 Å². The molecule has 1 fully saturated rings. The number of fused-ring (bicyclic) bond motifs is 1. The molecule has 0 aliphatic carbocycles. The fraction of sp³-hybridized carbons (Fsp3) is 0.357. The van der Waals surface area contributed by atoms with Crippen LogP contribution in [0.2, 0.25) is 0 Å². The maximum Gasteiger partial charge on any atom is 0.322 e. The van der Waals surface area contributed by atoms with Crippen LogP contribution >= 0.6 is 0 Å². The lowest BCUT2D eigenvalue weighted by molar-refractivity contribution is 0.255. The normalized spacial score (nSPS) is 14.4. The summed E-state index contributed by atoms with van der Waals surface area (Å²) in [5, 5.41) is 1.27. The van der Waals surface area contributed by atoms with Gasteiger partial charge in [0.2, 0.25) is 0 Å². The minimum absolute atomic E-state index is 0.399. The summed E-state index contributed by atoms with van der Waals surface area (Å²) in [6.07, 6.45) is 4.36. The quantitative estimate of drug-likeness (QED) is 0.384. The summed E-state index contributed by atoms with van der Waals surface area (Å²) in [7, 11) is 1.72. The highest BCUT2D eigenvalue weighted by atomic mass is 16.5. The molecule has 0 atom stereocenters. The van der Waals surface area contributed by atoms with E-state index in [0.29, 0.717) is 6.01 Å². The van der Waals surface area contributed by atoms with E-state index in [1.165, 1.54) is 22.2 Å². The van der Waals surface area contributed by atoms with Crippen molar-refractivity contribution >= 4 is 16.6 Å². The lowest BCUT2D eigenvalue weighted by Gasteiger charge is -2.36. The highest BCUT2D eigenvalue weighted by molar-refractivity contribution is 5.84. The van der Waals surface area contributed by atoms with Crippen LogP contribution in [0.3, 0.4) is 0 Å². The Morgan fingerprint density at radius 1 is 0.886 bits per heavy atom. The lowest BCUT2D eigenvalue weighted by Crippen LogP contribution is -2.46. The Bertz CT molecular complexity index is 1260. The van der Waals surface area contributed by atoms with E-state index in [4.69, 9.17) is 9.47 Å². The third kappa shape index (κ3) is 5.57. The maximum absolute atomic E-state index is 5.86. The second-order valence-corrected chi connectivity index (χ2v) is 9.19. The zero-order valence-corrected chi connectivity index (χ0v) is 20.8. The van der Waals surface area contributed by atoms with Gasteiger partial charge in [0.05, 0.1) is 7.11 Å². The second kappa shape index (κ2) is 10.4. The first-order chi connectivity index (χ1) is 17.1. The summed E-state index contributed by atoms with van der Waals surface area (Å²) in [6.45, 7) is 9.24. The average molecular weight is 472 g/mol. The van der Waals surface area contributed by atoms with E-state index in [0.717, 1.165) is 68.5 Å². The molecule has 7 nitrogen and oxygen atoms in total. The third-order valence-electron chi connectivity index (χ3n) is 6.64. The number of methoxy groups -OCH3 is 1. The van der Waals surface area contributed by atoms with Gasteiger partial charge in [0.15, 0.2) is 0 Å². The van der Waals surface area contributed by atoms with Gasteiger partial charge >= 0.3 is 6.01 Å². The van der Waals surface area contributed by atoms with E-state index in [9.17, 15) is 0 Å². The number of anilines is 1. The van der Waals surface area contributed by atoms with Gasteiger partial charge in [-0.1, -0.05) is 0 Å². The van der Waals surface area contributed by atoms with Crippen molar-refractivity contribution in [1.82, 2.24) is 19.9 Å². The molecule has 1 aliphatic heterocycles. The van der Waals surface area contributed by atoms with Crippen molar-refractivity contribution in [3.63, 3.8) is 0 Å². The standard InChI is InChI=1S/C28H33N5O2/c1-20-17-21(2)31-28(30-20)35-24-8-6-23(7-9-24)33-15-13-32(14-16-33)12-4-5-22-19-29-27-11-10-25(34-3)18-26(22)27/h6-11,17-19,29H,4-5,12-16H2,1-3H3. The van der Waals surface area contributed by atoms with Crippen LogP contribution in [0.1, 0.15) is 23.4 Å². The number of nitrogens with one attached hydrogen (secondary N) is 1. The van der Waals surface area contributed by atoms with E-state index in [2.05, 4.69) is 55.2 Å². The predicted molar refractivity (Wildman–Crippen MR) is 140 cm³/mol. The fourth-order valence-corrected chi connectivity index (χ4v) is 4.78. The van der Waals surface area contributed by atoms with Gasteiger partial charge in [-0.05, 0) is 87.3 Å². The molecule has 4 aromatic rings. The van der Waals surface area contributed by atoms with E-state index < -0.39 is 0 Å². The van der Waals surface area contributed by atoms with Crippen molar-refractivity contribution in [1.29, 1.82) is 0 Å². The SMILES string of the molecule is COc1ccc2[nH]cc(CCCN3CCN(c4ccc(Oc5nc(C)cc(C)n5)cc4)CC3)c2c1. The van der Waals surface area contributed by atoms with Gasteiger partial charge in [-0.3, -0.25) is 4.90 Å². The van der Waals surface area contributed by atoms with Crippen molar-refractivity contribution in [2.45, 2.75) is 26.7 Å². The van der Waals surface area contributed by atoms with E-state index in [1.807, 2.05) is 38.1 Å². The van der Waals surface area contributed by atoms with E-state index in [-0.39, 0.29) is 0 Å². The molecule has 0 amide bonds.